The van der Waals surface area contributed by atoms with Crippen LogP contribution in [0.25, 0.3) is 11.4 Å². The predicted octanol–water partition coefficient (Wildman–Crippen LogP) is 3.63. The van der Waals surface area contributed by atoms with E-state index in [0.29, 0.717) is 17.8 Å². The molecule has 10 heteroatoms. The van der Waals surface area contributed by atoms with Crippen LogP contribution < -0.4 is 10.6 Å². The van der Waals surface area contributed by atoms with Crippen molar-refractivity contribution in [1.82, 2.24) is 35.4 Å². The number of carbonyl (C=O) groups is 2. The van der Waals surface area contributed by atoms with Crippen LogP contribution in [0.5, 0.6) is 0 Å². The molecule has 9 nitrogen and oxygen atoms in total. The summed E-state index contributed by atoms with van der Waals surface area (Å²) in [6.07, 6.45) is 3.34. The molecule has 0 unspecified atom stereocenters. The summed E-state index contributed by atoms with van der Waals surface area (Å²) in [6.45, 7) is 3.99. The highest BCUT2D eigenvalue weighted by Crippen LogP contribution is 2.33. The molecule has 0 bridgehead atoms. The lowest BCUT2D eigenvalue weighted by molar-refractivity contribution is 0.0931. The van der Waals surface area contributed by atoms with Gasteiger partial charge < -0.3 is 10.6 Å². The summed E-state index contributed by atoms with van der Waals surface area (Å²) in [4.78, 5) is 38.3. The fourth-order valence-corrected chi connectivity index (χ4v) is 4.61. The van der Waals surface area contributed by atoms with Crippen molar-refractivity contribution in [3.8, 4) is 11.4 Å². The number of nitrogens with zero attached hydrogens (tertiary/aromatic N) is 5. The Morgan fingerprint density at radius 1 is 1.08 bits per heavy atom. The van der Waals surface area contributed by atoms with E-state index in [9.17, 15) is 14.0 Å². The molecule has 1 aliphatic carbocycles. The molecule has 2 aromatic heterocycles. The average Bonchev–Trinajstić information content (AvgIpc) is 3.49. The number of amides is 2. The van der Waals surface area contributed by atoms with Crippen LogP contribution in [0.3, 0.4) is 0 Å². The van der Waals surface area contributed by atoms with Crippen LogP contribution in [-0.2, 0) is 26.4 Å². The van der Waals surface area contributed by atoms with Crippen LogP contribution in [0.15, 0.2) is 48.8 Å². The molecule has 2 amide bonds. The van der Waals surface area contributed by atoms with E-state index in [1.54, 1.807) is 16.8 Å². The van der Waals surface area contributed by atoms with E-state index in [4.69, 9.17) is 0 Å². The zero-order chi connectivity index (χ0) is 26.8. The first-order chi connectivity index (χ1) is 18.3. The number of halogens is 1. The maximum absolute atomic E-state index is 13.7. The second-order valence-electron chi connectivity index (χ2n) is 9.34. The Morgan fingerprint density at radius 3 is 2.61 bits per heavy atom. The standard InChI is InChI=1S/C28H28FN7O2/c1-4-18-11-17(5-9-22(18)29)14-30-27(37)24-13-25(32-15-31-24)28(38)34-23-10-7-19-12-20(6-8-21(19)23)26-33-16(2)36(3)35-26/h5-6,8-9,11-13,15,23H,4,7,10,14H2,1-3H3,(H,30,37)(H,34,38)/t23-/m0/s1. The van der Waals surface area contributed by atoms with Crippen molar-refractivity contribution in [2.45, 2.75) is 45.7 Å². The fraction of sp³-hybridized carbons (Fsp3) is 0.286. The van der Waals surface area contributed by atoms with Gasteiger partial charge in [0.25, 0.3) is 11.8 Å². The van der Waals surface area contributed by atoms with Crippen molar-refractivity contribution in [1.29, 1.82) is 0 Å². The number of aromatic nitrogens is 5. The lowest BCUT2D eigenvalue weighted by Crippen LogP contribution is -2.29. The Morgan fingerprint density at radius 2 is 1.87 bits per heavy atom. The van der Waals surface area contributed by atoms with Gasteiger partial charge in [0, 0.05) is 25.2 Å². The number of benzene rings is 2. The second kappa shape index (κ2) is 10.5. The molecule has 0 radical (unpaired) electrons. The molecule has 2 aromatic carbocycles. The number of rotatable bonds is 7. The zero-order valence-corrected chi connectivity index (χ0v) is 21.5. The summed E-state index contributed by atoms with van der Waals surface area (Å²) < 4.78 is 15.5. The van der Waals surface area contributed by atoms with Gasteiger partial charge in [-0.05, 0) is 60.6 Å². The summed E-state index contributed by atoms with van der Waals surface area (Å²) in [5, 5.41) is 10.3. The van der Waals surface area contributed by atoms with Crippen molar-refractivity contribution in [2.75, 3.05) is 0 Å². The summed E-state index contributed by atoms with van der Waals surface area (Å²) in [5.41, 5.74) is 4.69. The van der Waals surface area contributed by atoms with E-state index in [2.05, 4.69) is 36.8 Å². The number of aryl methyl sites for hydroxylation is 4. The molecule has 0 aliphatic heterocycles. The maximum atomic E-state index is 13.7. The van der Waals surface area contributed by atoms with E-state index in [1.165, 1.54) is 18.5 Å². The maximum Gasteiger partial charge on any atom is 0.270 e. The fourth-order valence-electron chi connectivity index (χ4n) is 4.61. The summed E-state index contributed by atoms with van der Waals surface area (Å²) >= 11 is 0. The van der Waals surface area contributed by atoms with Crippen LogP contribution in [0.1, 0.15) is 68.4 Å². The molecular formula is C28H28FN7O2. The molecular weight excluding hydrogens is 485 g/mol. The largest absolute Gasteiger partial charge is 0.347 e. The minimum absolute atomic E-state index is 0.0811. The SMILES string of the molecule is CCc1cc(CNC(=O)c2cc(C(=O)N[C@H]3CCc4cc(-c5nc(C)n(C)n5)ccc43)ncn2)ccc1F. The molecule has 0 saturated heterocycles. The van der Waals surface area contributed by atoms with E-state index in [0.717, 1.165) is 40.9 Å². The first-order valence-electron chi connectivity index (χ1n) is 12.5. The highest BCUT2D eigenvalue weighted by Gasteiger charge is 2.26. The molecule has 38 heavy (non-hydrogen) atoms. The predicted molar refractivity (Wildman–Crippen MR) is 139 cm³/mol. The van der Waals surface area contributed by atoms with Crippen LogP contribution in [0.2, 0.25) is 0 Å². The molecule has 194 valence electrons. The molecule has 0 saturated carbocycles. The van der Waals surface area contributed by atoms with Gasteiger partial charge in [0.2, 0.25) is 0 Å². The number of carbonyl (C=O) groups excluding carboxylic acids is 2. The molecule has 5 rings (SSSR count). The Bertz CT molecular complexity index is 1510. The van der Waals surface area contributed by atoms with Crippen molar-refractivity contribution < 1.29 is 14.0 Å². The van der Waals surface area contributed by atoms with Crippen LogP contribution in [0.4, 0.5) is 4.39 Å². The zero-order valence-electron chi connectivity index (χ0n) is 21.5. The first-order valence-corrected chi connectivity index (χ1v) is 12.5. The average molecular weight is 514 g/mol. The molecule has 0 fully saturated rings. The summed E-state index contributed by atoms with van der Waals surface area (Å²) in [5.74, 6) is 0.430. The quantitative estimate of drug-likeness (QED) is 0.390. The molecule has 4 aromatic rings. The second-order valence-corrected chi connectivity index (χ2v) is 9.34. The highest BCUT2D eigenvalue weighted by atomic mass is 19.1. The number of hydrogen-bond acceptors (Lipinski definition) is 6. The van der Waals surface area contributed by atoms with Gasteiger partial charge in [-0.15, -0.1) is 0 Å². The molecule has 2 N–H and O–H groups in total. The van der Waals surface area contributed by atoms with E-state index in [-0.39, 0.29) is 35.7 Å². The van der Waals surface area contributed by atoms with Gasteiger partial charge in [-0.25, -0.2) is 19.3 Å². The van der Waals surface area contributed by atoms with Crippen molar-refractivity contribution in [2.24, 2.45) is 7.05 Å². The summed E-state index contributed by atoms with van der Waals surface area (Å²) in [6, 6.07) is 12.0. The minimum atomic E-state index is -0.444. The molecule has 1 atom stereocenters. The van der Waals surface area contributed by atoms with Crippen molar-refractivity contribution >= 4 is 11.8 Å². The van der Waals surface area contributed by atoms with Gasteiger partial charge in [-0.1, -0.05) is 31.2 Å². The van der Waals surface area contributed by atoms with E-state index < -0.39 is 5.91 Å². The smallest absolute Gasteiger partial charge is 0.270 e. The van der Waals surface area contributed by atoms with Gasteiger partial charge >= 0.3 is 0 Å². The van der Waals surface area contributed by atoms with Gasteiger partial charge in [0.15, 0.2) is 5.82 Å². The molecule has 1 aliphatic rings. The van der Waals surface area contributed by atoms with Gasteiger partial charge in [0.05, 0.1) is 6.04 Å². The Balaban J connectivity index is 1.24. The Hall–Kier alpha value is -4.47. The third-order valence-corrected chi connectivity index (χ3v) is 6.84. The highest BCUT2D eigenvalue weighted by molar-refractivity contribution is 5.97. The lowest BCUT2D eigenvalue weighted by atomic mass is 10.0. The van der Waals surface area contributed by atoms with Gasteiger partial charge in [-0.3, -0.25) is 14.3 Å². The minimum Gasteiger partial charge on any atom is -0.347 e. The topological polar surface area (TPSA) is 115 Å². The molecule has 2 heterocycles. The van der Waals surface area contributed by atoms with Crippen LogP contribution in [0, 0.1) is 12.7 Å². The van der Waals surface area contributed by atoms with Crippen molar-refractivity contribution in [3.05, 3.63) is 94.1 Å². The van der Waals surface area contributed by atoms with E-state index >= 15 is 0 Å². The van der Waals surface area contributed by atoms with Crippen LogP contribution in [-0.4, -0.2) is 36.5 Å². The lowest BCUT2D eigenvalue weighted by Gasteiger charge is -2.14. The monoisotopic (exact) mass is 513 g/mol. The third-order valence-electron chi connectivity index (χ3n) is 6.84. The first kappa shape index (κ1) is 25.2. The third kappa shape index (κ3) is 5.15. The van der Waals surface area contributed by atoms with E-state index in [1.807, 2.05) is 33.0 Å². The normalized spacial score (nSPS) is 14.3. The summed E-state index contributed by atoms with van der Waals surface area (Å²) in [7, 11) is 1.86. The number of fused-ring (bicyclic) bond motifs is 1. The van der Waals surface area contributed by atoms with Crippen molar-refractivity contribution in [3.63, 3.8) is 0 Å². The van der Waals surface area contributed by atoms with Crippen LogP contribution >= 0.6 is 0 Å². The van der Waals surface area contributed by atoms with Gasteiger partial charge in [0.1, 0.15) is 29.4 Å². The van der Waals surface area contributed by atoms with Gasteiger partial charge in [-0.2, -0.15) is 5.10 Å². The Labute approximate surface area is 219 Å². The molecule has 0 spiro atoms. The Kier molecular flexibility index (Phi) is 6.95. The number of hydrogen-bond donors (Lipinski definition) is 2. The number of nitrogens with one attached hydrogen (secondary N) is 2.